The molecule has 0 aliphatic rings. The summed E-state index contributed by atoms with van der Waals surface area (Å²) < 4.78 is 5.50. The fourth-order valence-corrected chi connectivity index (χ4v) is 3.43. The molecule has 21 heavy (non-hydrogen) atoms. The Morgan fingerprint density at radius 3 is 2.29 bits per heavy atom. The van der Waals surface area contributed by atoms with Crippen LogP contribution >= 0.6 is 11.3 Å². The third kappa shape index (κ3) is 3.88. The Bertz CT molecular complexity index is 589. The van der Waals surface area contributed by atoms with Crippen LogP contribution in [-0.4, -0.2) is 7.11 Å². The van der Waals surface area contributed by atoms with Crippen molar-refractivity contribution in [3.63, 3.8) is 0 Å². The first-order chi connectivity index (χ1) is 9.72. The average molecular weight is 302 g/mol. The van der Waals surface area contributed by atoms with Crippen molar-refractivity contribution < 1.29 is 4.74 Å². The van der Waals surface area contributed by atoms with Gasteiger partial charge in [-0.2, -0.15) is 0 Å². The van der Waals surface area contributed by atoms with E-state index in [9.17, 15) is 0 Å². The first-order valence-corrected chi connectivity index (χ1v) is 8.33. The van der Waals surface area contributed by atoms with Crippen LogP contribution in [0.2, 0.25) is 0 Å². The molecule has 0 saturated heterocycles. The summed E-state index contributed by atoms with van der Waals surface area (Å²) in [4.78, 5) is 1.43. The van der Waals surface area contributed by atoms with Crippen LogP contribution in [0.3, 0.4) is 0 Å². The second-order valence-electron chi connectivity index (χ2n) is 7.36. The summed E-state index contributed by atoms with van der Waals surface area (Å²) in [6.07, 6.45) is 1.02. The molecule has 0 aliphatic heterocycles. The molecule has 0 amide bonds. The van der Waals surface area contributed by atoms with Gasteiger partial charge in [0.05, 0.1) is 7.11 Å². The second-order valence-corrected chi connectivity index (χ2v) is 8.31. The highest BCUT2D eigenvalue weighted by Crippen LogP contribution is 2.34. The molecule has 114 valence electrons. The second kappa shape index (κ2) is 5.84. The minimum absolute atomic E-state index is 0.135. The minimum Gasteiger partial charge on any atom is -0.497 e. The number of hydrogen-bond donors (Lipinski definition) is 0. The predicted octanol–water partition coefficient (Wildman–Crippen LogP) is 5.57. The normalized spacial score (nSPS) is 12.5. The van der Waals surface area contributed by atoms with Gasteiger partial charge in [-0.05, 0) is 46.5 Å². The number of benzene rings is 1. The van der Waals surface area contributed by atoms with Crippen molar-refractivity contribution in [2.75, 3.05) is 7.11 Å². The third-order valence-electron chi connectivity index (χ3n) is 3.90. The van der Waals surface area contributed by atoms with Gasteiger partial charge in [0.25, 0.3) is 0 Å². The topological polar surface area (TPSA) is 9.23 Å². The van der Waals surface area contributed by atoms with Crippen molar-refractivity contribution in [2.24, 2.45) is 0 Å². The SMILES string of the molecule is COc1cc(CC(C)(C)c2cccs2)cc(C(C)(C)C)c1. The molecule has 0 aliphatic carbocycles. The van der Waals surface area contributed by atoms with E-state index in [0.717, 1.165) is 12.2 Å². The predicted molar refractivity (Wildman–Crippen MR) is 92.7 cm³/mol. The van der Waals surface area contributed by atoms with Gasteiger partial charge < -0.3 is 4.74 Å². The lowest BCUT2D eigenvalue weighted by molar-refractivity contribution is 0.411. The van der Waals surface area contributed by atoms with E-state index in [1.54, 1.807) is 7.11 Å². The quantitative estimate of drug-likeness (QED) is 0.717. The highest BCUT2D eigenvalue weighted by atomic mass is 32.1. The maximum absolute atomic E-state index is 5.50. The maximum Gasteiger partial charge on any atom is 0.119 e. The summed E-state index contributed by atoms with van der Waals surface area (Å²) in [5.74, 6) is 0.958. The first kappa shape index (κ1) is 16.1. The Kier molecular flexibility index (Phi) is 4.48. The highest BCUT2D eigenvalue weighted by molar-refractivity contribution is 7.10. The summed E-state index contributed by atoms with van der Waals surface area (Å²) in [7, 11) is 1.75. The van der Waals surface area contributed by atoms with Gasteiger partial charge in [-0.1, -0.05) is 46.8 Å². The van der Waals surface area contributed by atoms with Crippen molar-refractivity contribution >= 4 is 11.3 Å². The van der Waals surface area contributed by atoms with Crippen molar-refractivity contribution in [3.8, 4) is 5.75 Å². The summed E-state index contributed by atoms with van der Waals surface area (Å²) in [6, 6.07) is 11.0. The summed E-state index contributed by atoms with van der Waals surface area (Å²) in [5.41, 5.74) is 2.96. The lowest BCUT2D eigenvalue weighted by Crippen LogP contribution is -2.20. The lowest BCUT2D eigenvalue weighted by Gasteiger charge is -2.26. The molecule has 2 rings (SSSR count). The van der Waals surface area contributed by atoms with Crippen LogP contribution in [0.4, 0.5) is 0 Å². The van der Waals surface area contributed by atoms with Crippen LogP contribution in [0.1, 0.15) is 50.6 Å². The molecule has 0 N–H and O–H groups in total. The number of ether oxygens (including phenoxy) is 1. The highest BCUT2D eigenvalue weighted by Gasteiger charge is 2.24. The van der Waals surface area contributed by atoms with Crippen LogP contribution < -0.4 is 4.74 Å². The van der Waals surface area contributed by atoms with Gasteiger partial charge in [0.2, 0.25) is 0 Å². The molecule has 1 aromatic carbocycles. The molecule has 0 bridgehead atoms. The van der Waals surface area contributed by atoms with E-state index in [1.807, 2.05) is 11.3 Å². The first-order valence-electron chi connectivity index (χ1n) is 7.45. The average Bonchev–Trinajstić information content (AvgIpc) is 2.91. The van der Waals surface area contributed by atoms with Crippen LogP contribution in [0.25, 0.3) is 0 Å². The fraction of sp³-hybridized carbons (Fsp3) is 0.474. The van der Waals surface area contributed by atoms with Gasteiger partial charge in [0.15, 0.2) is 0 Å². The molecule has 0 spiro atoms. The van der Waals surface area contributed by atoms with Crippen LogP contribution in [0, 0.1) is 0 Å². The molecule has 0 radical (unpaired) electrons. The van der Waals surface area contributed by atoms with E-state index in [0.29, 0.717) is 0 Å². The monoisotopic (exact) mass is 302 g/mol. The zero-order chi connectivity index (χ0) is 15.7. The Labute approximate surface area is 133 Å². The molecule has 0 atom stereocenters. The Morgan fingerprint density at radius 2 is 1.76 bits per heavy atom. The molecular formula is C19H26OS. The summed E-state index contributed by atoms with van der Waals surface area (Å²) in [5, 5.41) is 2.16. The maximum atomic E-state index is 5.50. The van der Waals surface area contributed by atoms with Crippen LogP contribution in [0.15, 0.2) is 35.7 Å². The molecule has 0 fully saturated rings. The largest absolute Gasteiger partial charge is 0.497 e. The van der Waals surface area contributed by atoms with Gasteiger partial charge in [-0.15, -0.1) is 11.3 Å². The van der Waals surface area contributed by atoms with E-state index in [1.165, 1.54) is 16.0 Å². The summed E-state index contributed by atoms with van der Waals surface area (Å²) >= 11 is 1.84. The zero-order valence-corrected chi connectivity index (χ0v) is 14.8. The van der Waals surface area contributed by atoms with Gasteiger partial charge in [0.1, 0.15) is 5.75 Å². The van der Waals surface area contributed by atoms with E-state index in [4.69, 9.17) is 4.74 Å². The molecular weight excluding hydrogens is 276 g/mol. The molecule has 0 saturated carbocycles. The van der Waals surface area contributed by atoms with Crippen molar-refractivity contribution in [2.45, 2.75) is 51.9 Å². The third-order valence-corrected chi connectivity index (χ3v) is 5.14. The van der Waals surface area contributed by atoms with Crippen molar-refractivity contribution in [1.29, 1.82) is 0 Å². The van der Waals surface area contributed by atoms with Crippen molar-refractivity contribution in [1.82, 2.24) is 0 Å². The number of methoxy groups -OCH3 is 1. The number of rotatable bonds is 4. The Balaban J connectivity index is 2.36. The van der Waals surface area contributed by atoms with Crippen LogP contribution in [0.5, 0.6) is 5.75 Å². The number of thiophene rings is 1. The molecule has 1 heterocycles. The fourth-order valence-electron chi connectivity index (χ4n) is 2.57. The van der Waals surface area contributed by atoms with E-state index < -0.39 is 0 Å². The van der Waals surface area contributed by atoms with E-state index in [-0.39, 0.29) is 10.8 Å². The number of hydrogen-bond acceptors (Lipinski definition) is 2. The Morgan fingerprint density at radius 1 is 1.05 bits per heavy atom. The van der Waals surface area contributed by atoms with Gasteiger partial charge in [0, 0.05) is 10.3 Å². The lowest BCUT2D eigenvalue weighted by atomic mass is 9.81. The summed E-state index contributed by atoms with van der Waals surface area (Å²) in [6.45, 7) is 11.4. The van der Waals surface area contributed by atoms with Crippen LogP contribution in [-0.2, 0) is 17.3 Å². The molecule has 1 nitrogen and oxygen atoms in total. The van der Waals surface area contributed by atoms with Gasteiger partial charge in [-0.25, -0.2) is 0 Å². The van der Waals surface area contributed by atoms with Gasteiger partial charge >= 0.3 is 0 Å². The molecule has 2 heteroatoms. The van der Waals surface area contributed by atoms with E-state index >= 15 is 0 Å². The Hall–Kier alpha value is -1.28. The molecule has 0 unspecified atom stereocenters. The van der Waals surface area contributed by atoms with Crippen molar-refractivity contribution in [3.05, 3.63) is 51.7 Å². The smallest absolute Gasteiger partial charge is 0.119 e. The standard InChI is InChI=1S/C19H26OS/c1-18(2,3)15-10-14(11-16(12-15)20-6)13-19(4,5)17-8-7-9-21-17/h7-12H,13H2,1-6H3. The van der Waals surface area contributed by atoms with Gasteiger partial charge in [-0.3, -0.25) is 0 Å². The minimum atomic E-state index is 0.135. The zero-order valence-electron chi connectivity index (χ0n) is 14.0. The van der Waals surface area contributed by atoms with E-state index in [2.05, 4.69) is 70.3 Å². The molecule has 1 aromatic heterocycles. The molecule has 2 aromatic rings.